The van der Waals surface area contributed by atoms with Crippen LogP contribution in [0, 0.1) is 6.92 Å². The minimum atomic E-state index is -0.300. The van der Waals surface area contributed by atoms with E-state index in [1.807, 2.05) is 39.8 Å². The second kappa shape index (κ2) is 6.48. The maximum absolute atomic E-state index is 13.1. The lowest BCUT2D eigenvalue weighted by Gasteiger charge is -2.20. The van der Waals surface area contributed by atoms with Crippen molar-refractivity contribution in [1.29, 1.82) is 0 Å². The Kier molecular flexibility index (Phi) is 4.48. The highest BCUT2D eigenvalue weighted by molar-refractivity contribution is 5.79. The Labute approximate surface area is 152 Å². The number of fused-ring (bicyclic) bond motifs is 1. The van der Waals surface area contributed by atoms with Gasteiger partial charge in [0.15, 0.2) is 0 Å². The molecule has 3 aromatic rings. The van der Waals surface area contributed by atoms with Gasteiger partial charge in [0.1, 0.15) is 17.0 Å². The van der Waals surface area contributed by atoms with Crippen molar-refractivity contribution in [3.63, 3.8) is 0 Å². The van der Waals surface area contributed by atoms with Crippen LogP contribution in [0.2, 0.25) is 0 Å². The third-order valence-corrected chi connectivity index (χ3v) is 4.25. The van der Waals surface area contributed by atoms with Gasteiger partial charge < -0.3 is 9.47 Å². The highest BCUT2D eigenvalue weighted by atomic mass is 16.5. The quantitative estimate of drug-likeness (QED) is 0.719. The third kappa shape index (κ3) is 3.16. The molecule has 0 atom stereocenters. The highest BCUT2D eigenvalue weighted by Gasteiger charge is 2.21. The Morgan fingerprint density at radius 2 is 1.69 bits per heavy atom. The van der Waals surface area contributed by atoms with Crippen LogP contribution in [0.4, 0.5) is 0 Å². The van der Waals surface area contributed by atoms with E-state index in [-0.39, 0.29) is 11.1 Å². The molecule has 3 rings (SSSR count). The second-order valence-corrected chi connectivity index (χ2v) is 7.26. The summed E-state index contributed by atoms with van der Waals surface area (Å²) in [6, 6.07) is 5.54. The molecule has 0 aliphatic heterocycles. The van der Waals surface area contributed by atoms with E-state index in [1.54, 1.807) is 31.2 Å². The number of aryl methyl sites for hydroxylation is 1. The highest BCUT2D eigenvalue weighted by Crippen LogP contribution is 2.24. The molecule has 7 nitrogen and oxygen atoms in total. The van der Waals surface area contributed by atoms with E-state index >= 15 is 0 Å². The van der Waals surface area contributed by atoms with E-state index in [0.717, 1.165) is 16.6 Å². The van der Waals surface area contributed by atoms with E-state index in [2.05, 4.69) is 10.2 Å². The fourth-order valence-corrected chi connectivity index (χ4v) is 2.97. The van der Waals surface area contributed by atoms with Crippen molar-refractivity contribution in [2.24, 2.45) is 0 Å². The first-order valence-electron chi connectivity index (χ1n) is 8.42. The van der Waals surface area contributed by atoms with Gasteiger partial charge in [0.2, 0.25) is 0 Å². The van der Waals surface area contributed by atoms with E-state index in [0.29, 0.717) is 23.6 Å². The van der Waals surface area contributed by atoms with Gasteiger partial charge >= 0.3 is 0 Å². The van der Waals surface area contributed by atoms with Gasteiger partial charge in [-0.2, -0.15) is 10.2 Å². The van der Waals surface area contributed by atoms with Gasteiger partial charge in [-0.15, -0.1) is 0 Å². The summed E-state index contributed by atoms with van der Waals surface area (Å²) in [5.74, 6) is 1.34. The predicted octanol–water partition coefficient (Wildman–Crippen LogP) is 2.72. The molecule has 0 amide bonds. The van der Waals surface area contributed by atoms with Crippen molar-refractivity contribution in [3.05, 3.63) is 46.0 Å². The number of ether oxygens (including phenoxy) is 2. The lowest BCUT2D eigenvalue weighted by Crippen LogP contribution is -2.31. The van der Waals surface area contributed by atoms with Gasteiger partial charge in [0, 0.05) is 11.5 Å². The summed E-state index contributed by atoms with van der Waals surface area (Å²) < 4.78 is 13.9. The molecule has 0 bridgehead atoms. The van der Waals surface area contributed by atoms with E-state index in [4.69, 9.17) is 9.47 Å². The first-order valence-corrected chi connectivity index (χ1v) is 8.42. The summed E-state index contributed by atoms with van der Waals surface area (Å²) in [4.78, 5) is 13.1. The number of aromatic nitrogens is 4. The maximum Gasteiger partial charge on any atom is 0.293 e. The summed E-state index contributed by atoms with van der Waals surface area (Å²) in [6.07, 6.45) is 1.71. The second-order valence-electron chi connectivity index (χ2n) is 7.26. The van der Waals surface area contributed by atoms with Crippen molar-refractivity contribution in [2.45, 2.75) is 39.8 Å². The average Bonchev–Trinajstić information content (AvgIpc) is 3.05. The first kappa shape index (κ1) is 18.0. The summed E-state index contributed by atoms with van der Waals surface area (Å²) >= 11 is 0. The van der Waals surface area contributed by atoms with Gasteiger partial charge in [-0.05, 0) is 45.4 Å². The summed E-state index contributed by atoms with van der Waals surface area (Å²) in [7, 11) is 3.20. The van der Waals surface area contributed by atoms with Crippen LogP contribution < -0.4 is 15.0 Å². The standard InChI is InChI=1S/C19H24N4O3/c1-12-16-10-20-23(19(2,3)4)17(16)18(24)22(21-12)11-13-7-14(25-5)9-15(8-13)26-6/h7-10H,11H2,1-6H3. The van der Waals surface area contributed by atoms with Gasteiger partial charge in [-0.1, -0.05) is 0 Å². The monoisotopic (exact) mass is 356 g/mol. The predicted molar refractivity (Wildman–Crippen MR) is 100 cm³/mol. The zero-order valence-electron chi connectivity index (χ0n) is 16.0. The number of hydrogen-bond donors (Lipinski definition) is 0. The van der Waals surface area contributed by atoms with E-state index in [1.165, 1.54) is 4.68 Å². The van der Waals surface area contributed by atoms with Crippen LogP contribution in [-0.4, -0.2) is 33.8 Å². The van der Waals surface area contributed by atoms with Gasteiger partial charge in [0.25, 0.3) is 5.56 Å². The third-order valence-electron chi connectivity index (χ3n) is 4.25. The van der Waals surface area contributed by atoms with Crippen LogP contribution in [0.15, 0.2) is 29.2 Å². The molecule has 26 heavy (non-hydrogen) atoms. The molecule has 0 spiro atoms. The molecule has 0 aliphatic rings. The molecular weight excluding hydrogens is 332 g/mol. The lowest BCUT2D eigenvalue weighted by molar-refractivity contribution is 0.366. The number of methoxy groups -OCH3 is 2. The number of rotatable bonds is 4. The van der Waals surface area contributed by atoms with Crippen molar-refractivity contribution < 1.29 is 9.47 Å². The maximum atomic E-state index is 13.1. The molecule has 0 saturated heterocycles. The Bertz CT molecular complexity index is 990. The van der Waals surface area contributed by atoms with E-state index < -0.39 is 0 Å². The van der Waals surface area contributed by atoms with Gasteiger partial charge in [0.05, 0.1) is 38.2 Å². The zero-order chi connectivity index (χ0) is 19.1. The Balaban J connectivity index is 2.15. The SMILES string of the molecule is COc1cc(Cn2nc(C)c3cnn(C(C)(C)C)c3c2=O)cc(OC)c1. The molecule has 0 aliphatic carbocycles. The summed E-state index contributed by atoms with van der Waals surface area (Å²) in [6.45, 7) is 8.27. The lowest BCUT2D eigenvalue weighted by atomic mass is 10.1. The van der Waals surface area contributed by atoms with Gasteiger partial charge in [-0.3, -0.25) is 9.48 Å². The number of nitrogens with zero attached hydrogens (tertiary/aromatic N) is 4. The first-order chi connectivity index (χ1) is 12.2. The fraction of sp³-hybridized carbons (Fsp3) is 0.421. The zero-order valence-corrected chi connectivity index (χ0v) is 16.0. The smallest absolute Gasteiger partial charge is 0.293 e. The largest absolute Gasteiger partial charge is 0.497 e. The molecule has 2 heterocycles. The summed E-state index contributed by atoms with van der Waals surface area (Å²) in [5, 5.41) is 9.67. The number of benzene rings is 1. The van der Waals surface area contributed by atoms with Gasteiger partial charge in [-0.25, -0.2) is 4.68 Å². The normalized spacial score (nSPS) is 11.8. The molecule has 1 aromatic carbocycles. The Morgan fingerprint density at radius 3 is 2.23 bits per heavy atom. The molecule has 0 saturated carbocycles. The molecular formula is C19H24N4O3. The fourth-order valence-electron chi connectivity index (χ4n) is 2.97. The molecule has 0 fully saturated rings. The topological polar surface area (TPSA) is 71.2 Å². The molecule has 0 unspecified atom stereocenters. The molecule has 0 N–H and O–H groups in total. The Morgan fingerprint density at radius 1 is 1.08 bits per heavy atom. The summed E-state index contributed by atoms with van der Waals surface area (Å²) in [5.41, 5.74) is 1.74. The molecule has 0 radical (unpaired) electrons. The Hall–Kier alpha value is -2.83. The van der Waals surface area contributed by atoms with Crippen LogP contribution >= 0.6 is 0 Å². The minimum Gasteiger partial charge on any atom is -0.497 e. The number of hydrogen-bond acceptors (Lipinski definition) is 5. The average molecular weight is 356 g/mol. The van der Waals surface area contributed by atoms with Crippen molar-refractivity contribution in [2.75, 3.05) is 14.2 Å². The molecule has 138 valence electrons. The van der Waals surface area contributed by atoms with Crippen LogP contribution in [0.5, 0.6) is 11.5 Å². The van der Waals surface area contributed by atoms with Crippen LogP contribution in [-0.2, 0) is 12.1 Å². The molecule has 7 heteroatoms. The molecule has 2 aromatic heterocycles. The van der Waals surface area contributed by atoms with Crippen LogP contribution in [0.25, 0.3) is 10.9 Å². The van der Waals surface area contributed by atoms with E-state index in [9.17, 15) is 4.79 Å². The van der Waals surface area contributed by atoms with Crippen molar-refractivity contribution in [1.82, 2.24) is 19.6 Å². The van der Waals surface area contributed by atoms with Crippen molar-refractivity contribution >= 4 is 10.9 Å². The minimum absolute atomic E-state index is 0.167. The van der Waals surface area contributed by atoms with Crippen LogP contribution in [0.1, 0.15) is 32.0 Å². The van der Waals surface area contributed by atoms with Crippen molar-refractivity contribution in [3.8, 4) is 11.5 Å². The van der Waals surface area contributed by atoms with Crippen LogP contribution in [0.3, 0.4) is 0 Å².